The molecule has 0 aromatic heterocycles. The molecule has 2 rings (SSSR count). The minimum absolute atomic E-state index is 0.0979. The van der Waals surface area contributed by atoms with Crippen molar-refractivity contribution in [2.75, 3.05) is 13.2 Å². The fraction of sp³-hybridized carbons (Fsp3) is 0.333. The molecule has 0 radical (unpaired) electrons. The van der Waals surface area contributed by atoms with Crippen LogP contribution in [0.15, 0.2) is 48.5 Å². The van der Waals surface area contributed by atoms with E-state index in [4.69, 9.17) is 16.3 Å². The van der Waals surface area contributed by atoms with Gasteiger partial charge in [0.25, 0.3) is 0 Å². The summed E-state index contributed by atoms with van der Waals surface area (Å²) >= 11 is 5.86. The fourth-order valence-electron chi connectivity index (χ4n) is 2.30. The van der Waals surface area contributed by atoms with E-state index < -0.39 is 10.0 Å². The summed E-state index contributed by atoms with van der Waals surface area (Å²) in [6.45, 7) is 2.64. The molecule has 0 bridgehead atoms. The van der Waals surface area contributed by atoms with Crippen molar-refractivity contribution in [3.05, 3.63) is 64.7 Å². The minimum atomic E-state index is -3.41. The van der Waals surface area contributed by atoms with Crippen LogP contribution in [0.4, 0.5) is 0 Å². The predicted molar refractivity (Wildman–Crippen MR) is 98.0 cm³/mol. The molecule has 0 spiro atoms. The van der Waals surface area contributed by atoms with Crippen LogP contribution in [0.5, 0.6) is 5.75 Å². The number of hydrogen-bond donors (Lipinski definition) is 1. The summed E-state index contributed by atoms with van der Waals surface area (Å²) in [5, 5.41) is 0.526. The van der Waals surface area contributed by atoms with E-state index in [-0.39, 0.29) is 18.9 Å². The molecule has 0 amide bonds. The first-order valence-electron chi connectivity index (χ1n) is 7.92. The minimum Gasteiger partial charge on any atom is -0.492 e. The lowest BCUT2D eigenvalue weighted by Gasteiger charge is -2.09. The lowest BCUT2D eigenvalue weighted by Crippen LogP contribution is -2.29. The van der Waals surface area contributed by atoms with Crippen molar-refractivity contribution in [2.24, 2.45) is 0 Å². The zero-order valence-corrected chi connectivity index (χ0v) is 15.2. The van der Waals surface area contributed by atoms with Crippen LogP contribution < -0.4 is 9.46 Å². The normalized spacial score (nSPS) is 11.4. The van der Waals surface area contributed by atoms with Gasteiger partial charge in [-0.3, -0.25) is 0 Å². The molecule has 1 N–H and O–H groups in total. The van der Waals surface area contributed by atoms with Crippen molar-refractivity contribution in [3.63, 3.8) is 0 Å². The van der Waals surface area contributed by atoms with Crippen molar-refractivity contribution >= 4 is 21.6 Å². The van der Waals surface area contributed by atoms with Gasteiger partial charge in [-0.25, -0.2) is 13.1 Å². The summed E-state index contributed by atoms with van der Waals surface area (Å²) in [4.78, 5) is 0. The summed E-state index contributed by atoms with van der Waals surface area (Å²) in [5.74, 6) is 0.642. The van der Waals surface area contributed by atoms with Crippen LogP contribution in [0.1, 0.15) is 24.5 Å². The first-order chi connectivity index (χ1) is 11.5. The fourth-order valence-corrected chi connectivity index (χ4v) is 3.63. The zero-order valence-electron chi connectivity index (χ0n) is 13.7. The van der Waals surface area contributed by atoms with E-state index in [0.717, 1.165) is 18.6 Å². The van der Waals surface area contributed by atoms with Gasteiger partial charge in [-0.1, -0.05) is 49.2 Å². The Morgan fingerprint density at radius 2 is 1.83 bits per heavy atom. The Morgan fingerprint density at radius 1 is 1.08 bits per heavy atom. The van der Waals surface area contributed by atoms with Gasteiger partial charge < -0.3 is 4.74 Å². The monoisotopic (exact) mass is 367 g/mol. The molecule has 0 aliphatic carbocycles. The van der Waals surface area contributed by atoms with Gasteiger partial charge >= 0.3 is 0 Å². The lowest BCUT2D eigenvalue weighted by molar-refractivity contribution is 0.322. The van der Waals surface area contributed by atoms with Crippen LogP contribution >= 0.6 is 11.6 Å². The van der Waals surface area contributed by atoms with Crippen LogP contribution in [-0.2, 0) is 22.2 Å². The Balaban J connectivity index is 1.76. The largest absolute Gasteiger partial charge is 0.492 e. The van der Waals surface area contributed by atoms with Gasteiger partial charge in [0.05, 0.1) is 5.75 Å². The van der Waals surface area contributed by atoms with E-state index in [1.54, 1.807) is 24.3 Å². The van der Waals surface area contributed by atoms with E-state index in [9.17, 15) is 8.42 Å². The number of ether oxygens (including phenoxy) is 1. The van der Waals surface area contributed by atoms with Crippen molar-refractivity contribution < 1.29 is 13.2 Å². The molecule has 4 nitrogen and oxygen atoms in total. The molecule has 0 heterocycles. The van der Waals surface area contributed by atoms with Gasteiger partial charge in [0.15, 0.2) is 0 Å². The van der Waals surface area contributed by atoms with Crippen molar-refractivity contribution in [2.45, 2.75) is 25.5 Å². The number of aryl methyl sites for hydroxylation is 1. The van der Waals surface area contributed by atoms with E-state index in [1.165, 1.54) is 5.56 Å². The zero-order chi connectivity index (χ0) is 17.4. The number of rotatable bonds is 9. The molecule has 0 aliphatic heterocycles. The molecule has 2 aromatic rings. The molecule has 0 saturated heterocycles. The van der Waals surface area contributed by atoms with Crippen LogP contribution in [0.3, 0.4) is 0 Å². The Kier molecular flexibility index (Phi) is 7.09. The van der Waals surface area contributed by atoms with E-state index >= 15 is 0 Å². The van der Waals surface area contributed by atoms with Gasteiger partial charge in [0.2, 0.25) is 10.0 Å². The molecule has 0 fully saturated rings. The average Bonchev–Trinajstić information content (AvgIpc) is 2.53. The maximum absolute atomic E-state index is 12.0. The van der Waals surface area contributed by atoms with Crippen molar-refractivity contribution in [3.8, 4) is 5.75 Å². The van der Waals surface area contributed by atoms with Crippen LogP contribution in [-0.4, -0.2) is 21.6 Å². The Bertz CT molecular complexity index is 745. The van der Waals surface area contributed by atoms with Gasteiger partial charge in [0, 0.05) is 11.6 Å². The van der Waals surface area contributed by atoms with Crippen LogP contribution in [0.2, 0.25) is 5.02 Å². The highest BCUT2D eigenvalue weighted by atomic mass is 35.5. The highest BCUT2D eigenvalue weighted by Crippen LogP contribution is 2.14. The number of hydrogen-bond acceptors (Lipinski definition) is 3. The summed E-state index contributed by atoms with van der Waals surface area (Å²) in [7, 11) is -3.41. The van der Waals surface area contributed by atoms with Gasteiger partial charge in [0.1, 0.15) is 12.4 Å². The quantitative estimate of drug-likeness (QED) is 0.686. The summed E-state index contributed by atoms with van der Waals surface area (Å²) in [6.07, 6.45) is 2.15. The molecule has 2 aromatic carbocycles. The standard InChI is InChI=1S/C18H22ClNO3S/c1-2-4-15-7-9-18(10-8-15)23-12-11-20-24(21,22)14-16-5-3-6-17(19)13-16/h3,5-10,13,20H,2,4,11-12,14H2,1H3. The predicted octanol–water partition coefficient (Wildman–Crippen LogP) is 3.79. The maximum atomic E-state index is 12.0. The first-order valence-corrected chi connectivity index (χ1v) is 9.95. The number of benzene rings is 2. The highest BCUT2D eigenvalue weighted by molar-refractivity contribution is 7.88. The molecule has 24 heavy (non-hydrogen) atoms. The number of halogens is 1. The summed E-state index contributed by atoms with van der Waals surface area (Å²) < 4.78 is 32.1. The van der Waals surface area contributed by atoms with Gasteiger partial charge in [-0.15, -0.1) is 0 Å². The van der Waals surface area contributed by atoms with Crippen molar-refractivity contribution in [1.29, 1.82) is 0 Å². The summed E-state index contributed by atoms with van der Waals surface area (Å²) in [6, 6.07) is 14.7. The molecular weight excluding hydrogens is 346 g/mol. The molecule has 0 unspecified atom stereocenters. The third-order valence-corrected chi connectivity index (χ3v) is 4.99. The molecule has 6 heteroatoms. The third kappa shape index (κ3) is 6.51. The maximum Gasteiger partial charge on any atom is 0.215 e. The first kappa shape index (κ1) is 18.8. The van der Waals surface area contributed by atoms with E-state index in [2.05, 4.69) is 11.6 Å². The molecule has 130 valence electrons. The smallest absolute Gasteiger partial charge is 0.215 e. The molecule has 0 aliphatic rings. The number of sulfonamides is 1. The molecular formula is C18H22ClNO3S. The second-order valence-corrected chi connectivity index (χ2v) is 7.77. The lowest BCUT2D eigenvalue weighted by atomic mass is 10.1. The Hall–Kier alpha value is -1.56. The highest BCUT2D eigenvalue weighted by Gasteiger charge is 2.11. The topological polar surface area (TPSA) is 55.4 Å². The summed E-state index contributed by atoms with van der Waals surface area (Å²) in [5.41, 5.74) is 1.93. The average molecular weight is 368 g/mol. The Labute approximate surface area is 148 Å². The van der Waals surface area contributed by atoms with Gasteiger partial charge in [-0.2, -0.15) is 0 Å². The number of nitrogens with one attached hydrogen (secondary N) is 1. The van der Waals surface area contributed by atoms with Crippen LogP contribution in [0.25, 0.3) is 0 Å². The van der Waals surface area contributed by atoms with E-state index in [0.29, 0.717) is 10.6 Å². The van der Waals surface area contributed by atoms with Crippen LogP contribution in [0, 0.1) is 0 Å². The second-order valence-electron chi connectivity index (χ2n) is 5.53. The Morgan fingerprint density at radius 3 is 2.50 bits per heavy atom. The van der Waals surface area contributed by atoms with Crippen molar-refractivity contribution in [1.82, 2.24) is 4.72 Å². The second kappa shape index (κ2) is 9.06. The van der Waals surface area contributed by atoms with E-state index in [1.807, 2.05) is 24.3 Å². The third-order valence-electron chi connectivity index (χ3n) is 3.40. The molecule has 0 saturated carbocycles. The molecule has 0 atom stereocenters. The van der Waals surface area contributed by atoms with Gasteiger partial charge in [-0.05, 0) is 41.8 Å². The SMILES string of the molecule is CCCc1ccc(OCCNS(=O)(=O)Cc2cccc(Cl)c2)cc1.